The van der Waals surface area contributed by atoms with E-state index in [1.54, 1.807) is 44.2 Å². The van der Waals surface area contributed by atoms with Crippen molar-refractivity contribution in [2.45, 2.75) is 173 Å². The summed E-state index contributed by atoms with van der Waals surface area (Å²) in [7, 11) is 0. The molecule has 0 aliphatic carbocycles. The van der Waals surface area contributed by atoms with Gasteiger partial charge in [-0.1, -0.05) is 70.2 Å². The van der Waals surface area contributed by atoms with Crippen molar-refractivity contribution in [3.8, 4) is 5.75 Å². The number of aliphatic carboxylic acids is 2. The van der Waals surface area contributed by atoms with Crippen molar-refractivity contribution in [1.29, 1.82) is 0 Å². The molecule has 80 heavy (non-hydrogen) atoms. The number of aromatic hydroxyl groups is 1. The van der Waals surface area contributed by atoms with Gasteiger partial charge in [0.2, 0.25) is 53.2 Å². The summed E-state index contributed by atoms with van der Waals surface area (Å²) in [5.41, 5.74) is 6.74. The van der Waals surface area contributed by atoms with E-state index < -0.39 is 139 Å². The van der Waals surface area contributed by atoms with Crippen LogP contribution in [0.4, 0.5) is 0 Å². The second-order valence-electron chi connectivity index (χ2n) is 20.7. The molecule has 0 aromatic heterocycles. The van der Waals surface area contributed by atoms with Crippen molar-refractivity contribution < 1.29 is 73.2 Å². The molecule has 1 saturated heterocycles. The Bertz CT molecular complexity index is 2440. The molecule has 442 valence electrons. The molecule has 2 aromatic carbocycles. The van der Waals surface area contributed by atoms with Crippen LogP contribution in [0.1, 0.15) is 105 Å². The molecule has 1 aliphatic rings. The number of aliphatic hydroxyl groups is 1. The zero-order valence-electron chi connectivity index (χ0n) is 46.4. The summed E-state index contributed by atoms with van der Waals surface area (Å²) >= 11 is 0. The second-order valence-corrected chi connectivity index (χ2v) is 20.7. The van der Waals surface area contributed by atoms with Gasteiger partial charge in [0.25, 0.3) is 0 Å². The number of carbonyl (C=O) groups excluding carboxylic acids is 9. The van der Waals surface area contributed by atoms with E-state index in [0.29, 0.717) is 36.9 Å². The van der Waals surface area contributed by atoms with Crippen molar-refractivity contribution in [2.75, 3.05) is 19.7 Å². The van der Waals surface area contributed by atoms with Gasteiger partial charge in [-0.3, -0.25) is 52.7 Å². The molecular weight excluding hydrogens is 1040 g/mol. The molecule has 9 amide bonds. The monoisotopic (exact) mass is 1120 g/mol. The SMILES string of the molecule is CC(C)C[C@H](NC(=O)[C@@H](CC(=O)O)NC(=O)[C@H](Cc1ccc(O)cc1)NC(=O)[C@H](CO)NC(=O)[C@@H](C)NC(=O)[C@@H](Cc1ccccc1)NC(=O)[C@@H](C)N)C(=O)N[C@@H](CCCCNC(C)C)C(=O)N1CCC[C@H]1C(=O)N[C@H](C)C(=O)O. The van der Waals surface area contributed by atoms with Crippen LogP contribution in [0.5, 0.6) is 5.75 Å². The molecule has 26 nitrogen and oxygen atoms in total. The minimum absolute atomic E-state index is 0.0251. The predicted octanol–water partition coefficient (Wildman–Crippen LogP) is -1.80. The van der Waals surface area contributed by atoms with Crippen molar-refractivity contribution in [2.24, 2.45) is 11.7 Å². The molecule has 0 spiro atoms. The van der Waals surface area contributed by atoms with E-state index in [2.05, 4.69) is 47.9 Å². The fraction of sp³-hybridized carbons (Fsp3) is 0.574. The Kier molecular flexibility index (Phi) is 27.5. The summed E-state index contributed by atoms with van der Waals surface area (Å²) < 4.78 is 0. The van der Waals surface area contributed by atoms with Crippen molar-refractivity contribution in [3.05, 3.63) is 65.7 Å². The summed E-state index contributed by atoms with van der Waals surface area (Å²) in [5, 5.41) is 62.7. The van der Waals surface area contributed by atoms with Crippen molar-refractivity contribution in [1.82, 2.24) is 52.8 Å². The number of phenols is 1. The van der Waals surface area contributed by atoms with Crippen LogP contribution in [0.15, 0.2) is 54.6 Å². The van der Waals surface area contributed by atoms with Gasteiger partial charge in [0.1, 0.15) is 60.1 Å². The molecule has 0 saturated carbocycles. The number of nitrogens with zero attached hydrogens (tertiary/aromatic N) is 1. The van der Waals surface area contributed by atoms with E-state index in [1.165, 1.54) is 49.9 Å². The quantitative estimate of drug-likeness (QED) is 0.0351. The number of amides is 9. The molecule has 2 aromatic rings. The number of hydrogen-bond acceptors (Lipinski definition) is 15. The van der Waals surface area contributed by atoms with Crippen molar-refractivity contribution >= 4 is 65.1 Å². The maximum atomic E-state index is 14.3. The Morgan fingerprint density at radius 3 is 1.66 bits per heavy atom. The van der Waals surface area contributed by atoms with Crippen LogP contribution in [-0.4, -0.2) is 177 Å². The number of carboxylic acids is 2. The molecule has 15 N–H and O–H groups in total. The highest BCUT2D eigenvalue weighted by atomic mass is 16.4. The normalized spacial score (nSPS) is 16.5. The molecule has 0 unspecified atom stereocenters. The van der Waals surface area contributed by atoms with E-state index in [4.69, 9.17) is 5.73 Å². The lowest BCUT2D eigenvalue weighted by Crippen LogP contribution is -2.61. The van der Waals surface area contributed by atoms with Crippen LogP contribution >= 0.6 is 0 Å². The maximum absolute atomic E-state index is 14.3. The number of nitrogens with two attached hydrogens (primary N) is 1. The minimum Gasteiger partial charge on any atom is -0.508 e. The highest BCUT2D eigenvalue weighted by molar-refractivity contribution is 5.99. The first-order valence-corrected chi connectivity index (χ1v) is 26.8. The van der Waals surface area contributed by atoms with E-state index in [9.17, 15) is 73.2 Å². The second kappa shape index (κ2) is 33.0. The Balaban J connectivity index is 1.86. The van der Waals surface area contributed by atoms with E-state index in [-0.39, 0.29) is 56.4 Å². The van der Waals surface area contributed by atoms with Crippen LogP contribution in [0.2, 0.25) is 0 Å². The number of likely N-dealkylation sites (tertiary alicyclic amines) is 1. The van der Waals surface area contributed by atoms with Gasteiger partial charge in [-0.25, -0.2) is 0 Å². The largest absolute Gasteiger partial charge is 0.508 e. The average Bonchev–Trinajstić information content (AvgIpc) is 3.90. The Labute approximate surface area is 465 Å². The average molecular weight is 1120 g/mol. The number of hydrogen-bond donors (Lipinski definition) is 14. The third-order valence-corrected chi connectivity index (χ3v) is 12.9. The maximum Gasteiger partial charge on any atom is 0.325 e. The van der Waals surface area contributed by atoms with Gasteiger partial charge in [-0.2, -0.15) is 0 Å². The Morgan fingerprint density at radius 1 is 0.588 bits per heavy atom. The van der Waals surface area contributed by atoms with E-state index in [0.717, 1.165) is 0 Å². The highest BCUT2D eigenvalue weighted by Gasteiger charge is 2.40. The van der Waals surface area contributed by atoms with E-state index >= 15 is 0 Å². The van der Waals surface area contributed by atoms with Gasteiger partial charge in [0, 0.05) is 25.4 Å². The lowest BCUT2D eigenvalue weighted by Gasteiger charge is -2.31. The lowest BCUT2D eigenvalue weighted by atomic mass is 10.0. The lowest BCUT2D eigenvalue weighted by molar-refractivity contribution is -0.145. The molecule has 26 heteroatoms. The first kappa shape index (κ1) is 66.6. The number of unbranched alkanes of at least 4 members (excludes halogenated alkanes) is 1. The molecule has 0 bridgehead atoms. The number of benzene rings is 2. The summed E-state index contributed by atoms with van der Waals surface area (Å²) in [6, 6.07) is 0.523. The van der Waals surface area contributed by atoms with Gasteiger partial charge in [0.05, 0.1) is 19.1 Å². The number of nitrogens with one attached hydrogen (secondary N) is 9. The van der Waals surface area contributed by atoms with Gasteiger partial charge >= 0.3 is 11.9 Å². The fourth-order valence-corrected chi connectivity index (χ4v) is 8.48. The summed E-state index contributed by atoms with van der Waals surface area (Å²) in [6.45, 7) is 11.1. The molecule has 1 aliphatic heterocycles. The molecular formula is C54H81N11O15. The van der Waals surface area contributed by atoms with Gasteiger partial charge in [0.15, 0.2) is 0 Å². The van der Waals surface area contributed by atoms with Crippen LogP contribution in [0.25, 0.3) is 0 Å². The third kappa shape index (κ3) is 22.6. The van der Waals surface area contributed by atoms with Gasteiger partial charge in [-0.15, -0.1) is 0 Å². The summed E-state index contributed by atoms with van der Waals surface area (Å²) in [6.07, 6.45) is 0.392. The number of carbonyl (C=O) groups is 11. The van der Waals surface area contributed by atoms with Gasteiger partial charge in [-0.05, 0) is 95.0 Å². The van der Waals surface area contributed by atoms with Crippen LogP contribution < -0.4 is 53.6 Å². The zero-order chi connectivity index (χ0) is 59.8. The third-order valence-electron chi connectivity index (χ3n) is 12.9. The first-order chi connectivity index (χ1) is 37.7. The fourth-order valence-electron chi connectivity index (χ4n) is 8.48. The van der Waals surface area contributed by atoms with Crippen LogP contribution in [0.3, 0.4) is 0 Å². The molecule has 3 rings (SSSR count). The smallest absolute Gasteiger partial charge is 0.325 e. The molecule has 1 fully saturated rings. The highest BCUT2D eigenvalue weighted by Crippen LogP contribution is 2.21. The standard InChI is InChI=1S/C54H81N11O15/c1-29(2)24-38(48(73)59-37(16-11-12-22-56-30(3)4)53(78)65-23-13-17-43(65)52(77)58-33(7)54(79)80)61-50(75)41(27-44(68)69)63-49(74)40(26-35-18-20-36(67)21-19-35)62-51(76)42(28-66)64-46(71)32(6)57-47(72)39(60-45(70)31(5)55)25-34-14-9-8-10-15-34/h8-10,14-15,18-21,29-33,37-43,56,66-67H,11-13,16-17,22-28,55H2,1-7H3,(H,57,72)(H,58,77)(H,59,73)(H,60,70)(H,61,75)(H,62,76)(H,63,74)(H,64,71)(H,68,69)(H,79,80)/t31-,32-,33-,37+,38+,39-,40+,41-,42+,43+/m1/s1. The molecule has 1 heterocycles. The predicted molar refractivity (Wildman–Crippen MR) is 291 cm³/mol. The number of rotatable bonds is 33. The number of aliphatic hydroxyl groups excluding tert-OH is 1. The number of carboxylic acid groups (broad SMARTS) is 2. The zero-order valence-corrected chi connectivity index (χ0v) is 46.4. The van der Waals surface area contributed by atoms with Gasteiger partial charge < -0.3 is 78.9 Å². The van der Waals surface area contributed by atoms with E-state index in [1.807, 2.05) is 13.8 Å². The first-order valence-electron chi connectivity index (χ1n) is 26.8. The Morgan fingerprint density at radius 2 is 1.10 bits per heavy atom. The Hall–Kier alpha value is -7.71. The minimum atomic E-state index is -1.90. The number of phenolic OH excluding ortho intramolecular Hbond substituents is 1. The summed E-state index contributed by atoms with van der Waals surface area (Å²) in [4.78, 5) is 149. The molecule has 10 atom stereocenters. The molecule has 0 radical (unpaired) electrons. The topological polar surface area (TPSA) is 406 Å². The van der Waals surface area contributed by atoms with Crippen LogP contribution in [-0.2, 0) is 65.6 Å². The summed E-state index contributed by atoms with van der Waals surface area (Å²) in [5.74, 6) is -11.2. The van der Waals surface area contributed by atoms with Crippen molar-refractivity contribution in [3.63, 3.8) is 0 Å². The van der Waals surface area contributed by atoms with Crippen LogP contribution in [0, 0.1) is 5.92 Å².